The van der Waals surface area contributed by atoms with Gasteiger partial charge in [-0.25, -0.2) is 9.97 Å². The second-order valence-electron chi connectivity index (χ2n) is 9.42. The van der Waals surface area contributed by atoms with Gasteiger partial charge in [-0.2, -0.15) is 18.3 Å². The fraction of sp³-hybridized carbons (Fsp3) is 0.259. The molecule has 4 heterocycles. The van der Waals surface area contributed by atoms with Crippen molar-refractivity contribution in [2.75, 3.05) is 24.5 Å². The van der Waals surface area contributed by atoms with Gasteiger partial charge in [-0.1, -0.05) is 53.8 Å². The minimum atomic E-state index is -4.57. The third-order valence-electron chi connectivity index (χ3n) is 6.71. The molecule has 3 aromatic heterocycles. The van der Waals surface area contributed by atoms with E-state index in [-0.39, 0.29) is 30.0 Å². The topological polar surface area (TPSA) is 82.9 Å². The molecule has 0 saturated carbocycles. The van der Waals surface area contributed by atoms with Crippen LogP contribution in [-0.2, 0) is 17.5 Å². The highest BCUT2D eigenvalue weighted by atomic mass is 32.1. The van der Waals surface area contributed by atoms with Crippen LogP contribution in [-0.4, -0.2) is 61.2 Å². The van der Waals surface area contributed by atoms with Gasteiger partial charge in [-0.05, 0) is 25.1 Å². The Hall–Kier alpha value is -4.19. The van der Waals surface area contributed by atoms with E-state index in [9.17, 15) is 18.0 Å². The Morgan fingerprint density at radius 1 is 1.05 bits per heavy atom. The molecule has 8 nitrogen and oxygen atoms in total. The van der Waals surface area contributed by atoms with E-state index < -0.39 is 11.2 Å². The van der Waals surface area contributed by atoms with Crippen molar-refractivity contribution in [3.8, 4) is 22.8 Å². The zero-order valence-corrected chi connectivity index (χ0v) is 21.7. The van der Waals surface area contributed by atoms with Crippen LogP contribution < -0.4 is 4.90 Å². The molecule has 1 fully saturated rings. The predicted octanol–water partition coefficient (Wildman–Crippen LogP) is 5.31. The Bertz CT molecular complexity index is 1590. The molecule has 1 aliphatic rings. The number of aromatic amines is 1. The molecule has 39 heavy (non-hydrogen) atoms. The summed E-state index contributed by atoms with van der Waals surface area (Å²) in [4.78, 5) is 28.3. The number of aromatic nitrogens is 5. The lowest BCUT2D eigenvalue weighted by atomic mass is 10.2. The van der Waals surface area contributed by atoms with Gasteiger partial charge in [-0.3, -0.25) is 9.48 Å². The molecule has 1 saturated heterocycles. The van der Waals surface area contributed by atoms with Crippen molar-refractivity contribution in [3.63, 3.8) is 0 Å². The average molecular weight is 552 g/mol. The van der Waals surface area contributed by atoms with E-state index in [0.717, 1.165) is 16.8 Å². The van der Waals surface area contributed by atoms with Gasteiger partial charge in [-0.15, -0.1) is 0 Å². The number of halogens is 3. The number of alkyl halides is 3. The third-order valence-corrected chi connectivity index (χ3v) is 7.87. The fourth-order valence-electron chi connectivity index (χ4n) is 4.82. The Kier molecular flexibility index (Phi) is 6.34. The number of anilines is 1. The number of amides is 1. The summed E-state index contributed by atoms with van der Waals surface area (Å²) < 4.78 is 42.6. The van der Waals surface area contributed by atoms with E-state index in [1.807, 2.05) is 66.4 Å². The number of hydrogen-bond donors (Lipinski definition) is 1. The molecule has 1 N–H and O–H groups in total. The van der Waals surface area contributed by atoms with E-state index in [4.69, 9.17) is 0 Å². The van der Waals surface area contributed by atoms with Crippen molar-refractivity contribution in [2.24, 2.45) is 0 Å². The standard InChI is InChI=1S/C27H24F3N7OS/c1-17-15-35(13-14-37(17)22(38)16-36-12-11-19(34-36)18-7-3-2-4-8-18)25-23(33-26(39-25)27(28,29)30)24-31-20-9-5-6-10-21(20)32-24/h2-12,17H,13-16H2,1H3,(H,31,32). The number of carbonyl (C=O) groups is 1. The van der Waals surface area contributed by atoms with Crippen molar-refractivity contribution in [2.45, 2.75) is 25.7 Å². The van der Waals surface area contributed by atoms with Crippen LogP contribution in [0.25, 0.3) is 33.8 Å². The van der Waals surface area contributed by atoms with Crippen molar-refractivity contribution in [1.82, 2.24) is 29.6 Å². The van der Waals surface area contributed by atoms with Crippen LogP contribution in [0.5, 0.6) is 0 Å². The maximum absolute atomic E-state index is 13.7. The molecule has 5 aromatic rings. The van der Waals surface area contributed by atoms with E-state index >= 15 is 0 Å². The summed E-state index contributed by atoms with van der Waals surface area (Å²) in [5.41, 5.74) is 3.29. The molecule has 12 heteroatoms. The first-order valence-electron chi connectivity index (χ1n) is 12.4. The first kappa shape index (κ1) is 25.1. The molecule has 200 valence electrons. The van der Waals surface area contributed by atoms with Crippen molar-refractivity contribution in [1.29, 1.82) is 0 Å². The Labute approximate surface area is 225 Å². The minimum Gasteiger partial charge on any atom is -0.358 e. The van der Waals surface area contributed by atoms with Crippen molar-refractivity contribution in [3.05, 3.63) is 71.9 Å². The number of rotatable bonds is 5. The molecule has 0 radical (unpaired) electrons. The third kappa shape index (κ3) is 4.99. The average Bonchev–Trinajstić information content (AvgIpc) is 3.66. The number of thiazole rings is 1. The van der Waals surface area contributed by atoms with Gasteiger partial charge < -0.3 is 14.8 Å². The van der Waals surface area contributed by atoms with Crippen molar-refractivity contribution < 1.29 is 18.0 Å². The zero-order valence-electron chi connectivity index (χ0n) is 20.9. The second-order valence-corrected chi connectivity index (χ2v) is 10.4. The highest BCUT2D eigenvalue weighted by molar-refractivity contribution is 7.16. The second kappa shape index (κ2) is 9.84. The summed E-state index contributed by atoms with van der Waals surface area (Å²) >= 11 is 0.605. The monoisotopic (exact) mass is 551 g/mol. The lowest BCUT2D eigenvalue weighted by Gasteiger charge is -2.40. The number of hydrogen-bond acceptors (Lipinski definition) is 6. The summed E-state index contributed by atoms with van der Waals surface area (Å²) in [5, 5.41) is 3.99. The quantitative estimate of drug-likeness (QED) is 0.320. The van der Waals surface area contributed by atoms with Gasteiger partial charge in [0.05, 0.1) is 16.7 Å². The maximum atomic E-state index is 13.7. The zero-order chi connectivity index (χ0) is 27.1. The fourth-order valence-corrected chi connectivity index (χ4v) is 5.79. The van der Waals surface area contributed by atoms with Gasteiger partial charge in [0.25, 0.3) is 0 Å². The molecular weight excluding hydrogens is 527 g/mol. The molecule has 0 aliphatic carbocycles. The Morgan fingerprint density at radius 2 is 1.82 bits per heavy atom. The van der Waals surface area contributed by atoms with Crippen LogP contribution in [0.15, 0.2) is 66.9 Å². The summed E-state index contributed by atoms with van der Waals surface area (Å²) in [6.45, 7) is 3.09. The Morgan fingerprint density at radius 3 is 2.56 bits per heavy atom. The molecule has 1 amide bonds. The van der Waals surface area contributed by atoms with Gasteiger partial charge >= 0.3 is 6.18 Å². The highest BCUT2D eigenvalue weighted by Gasteiger charge is 2.39. The van der Waals surface area contributed by atoms with E-state index in [1.54, 1.807) is 21.8 Å². The van der Waals surface area contributed by atoms with Gasteiger partial charge in [0.2, 0.25) is 10.9 Å². The molecule has 1 unspecified atom stereocenters. The summed E-state index contributed by atoms with van der Waals surface area (Å²) in [6, 6.07) is 18.6. The maximum Gasteiger partial charge on any atom is 0.443 e. The summed E-state index contributed by atoms with van der Waals surface area (Å²) in [6.07, 6.45) is -2.80. The summed E-state index contributed by atoms with van der Waals surface area (Å²) in [7, 11) is 0. The molecule has 0 spiro atoms. The first-order valence-corrected chi connectivity index (χ1v) is 13.2. The molecule has 6 rings (SSSR count). The molecule has 2 aromatic carbocycles. The normalized spacial score (nSPS) is 16.3. The molecule has 0 bridgehead atoms. The van der Waals surface area contributed by atoms with Crippen LogP contribution in [0.2, 0.25) is 0 Å². The van der Waals surface area contributed by atoms with Gasteiger partial charge in [0, 0.05) is 37.4 Å². The van der Waals surface area contributed by atoms with E-state index in [2.05, 4.69) is 20.1 Å². The van der Waals surface area contributed by atoms with E-state index in [1.165, 1.54) is 0 Å². The lowest BCUT2D eigenvalue weighted by molar-refractivity contribution is -0.137. The Balaban J connectivity index is 1.20. The largest absolute Gasteiger partial charge is 0.443 e. The number of para-hydroxylation sites is 2. The summed E-state index contributed by atoms with van der Waals surface area (Å²) in [5.74, 6) is 0.194. The van der Waals surface area contributed by atoms with Crippen LogP contribution in [0, 0.1) is 0 Å². The number of carbonyl (C=O) groups excluding carboxylic acids is 1. The lowest BCUT2D eigenvalue weighted by Crippen LogP contribution is -2.54. The molecule has 1 aliphatic heterocycles. The van der Waals surface area contributed by atoms with Crippen LogP contribution in [0.1, 0.15) is 11.9 Å². The van der Waals surface area contributed by atoms with E-state index in [0.29, 0.717) is 41.5 Å². The van der Waals surface area contributed by atoms with Crippen LogP contribution in [0.4, 0.5) is 18.2 Å². The predicted molar refractivity (Wildman–Crippen MR) is 143 cm³/mol. The number of nitrogens with zero attached hydrogens (tertiary/aromatic N) is 6. The van der Waals surface area contributed by atoms with Crippen molar-refractivity contribution >= 4 is 33.3 Å². The molecular formula is C27H24F3N7OS. The first-order chi connectivity index (χ1) is 18.8. The number of piperazine rings is 1. The highest BCUT2D eigenvalue weighted by Crippen LogP contribution is 2.42. The number of imidazole rings is 1. The minimum absolute atomic E-state index is 0.0835. The SMILES string of the molecule is CC1CN(c2sc(C(F)(F)F)nc2-c2nc3ccccc3[nH]2)CCN1C(=O)Cn1ccc(-c2ccccc2)n1. The number of nitrogens with one attached hydrogen (secondary N) is 1. The van der Waals surface area contributed by atoms with Crippen LogP contribution in [0.3, 0.4) is 0 Å². The van der Waals surface area contributed by atoms with Crippen LogP contribution >= 0.6 is 11.3 Å². The number of benzene rings is 2. The smallest absolute Gasteiger partial charge is 0.358 e. The molecule has 1 atom stereocenters. The number of fused-ring (bicyclic) bond motifs is 1. The number of H-pyrrole nitrogens is 1. The van der Waals surface area contributed by atoms with Gasteiger partial charge in [0.15, 0.2) is 5.82 Å². The van der Waals surface area contributed by atoms with Gasteiger partial charge in [0.1, 0.15) is 17.2 Å².